The summed E-state index contributed by atoms with van der Waals surface area (Å²) >= 11 is 4.92. The van der Waals surface area contributed by atoms with Gasteiger partial charge in [-0.2, -0.15) is 0 Å². The van der Waals surface area contributed by atoms with Crippen LogP contribution in [0.1, 0.15) is 10.5 Å². The molecule has 1 aliphatic rings. The van der Waals surface area contributed by atoms with E-state index in [9.17, 15) is 9.59 Å². The highest BCUT2D eigenvalue weighted by atomic mass is 32.1. The molecule has 0 saturated carbocycles. The molecule has 0 aromatic carbocycles. The average Bonchev–Trinajstić information content (AvgIpc) is 2.35. The summed E-state index contributed by atoms with van der Waals surface area (Å²) in [5.41, 5.74) is 0.221. The highest BCUT2D eigenvalue weighted by Crippen LogP contribution is 2.20. The minimum atomic E-state index is -0.467. The van der Waals surface area contributed by atoms with Gasteiger partial charge < -0.3 is 10.3 Å². The number of hydrogen-bond acceptors (Lipinski definition) is 4. The lowest BCUT2D eigenvalue weighted by Gasteiger charge is -2.11. The molecule has 0 bridgehead atoms. The van der Waals surface area contributed by atoms with Crippen molar-refractivity contribution in [3.05, 3.63) is 10.5 Å². The lowest BCUT2D eigenvalue weighted by Crippen LogP contribution is -2.41. The fourth-order valence-corrected chi connectivity index (χ4v) is 1.79. The van der Waals surface area contributed by atoms with Crippen LogP contribution in [0.3, 0.4) is 0 Å². The summed E-state index contributed by atoms with van der Waals surface area (Å²) in [6.07, 6.45) is 0. The number of hydrazine groups is 1. The number of fused-ring (bicyclic) bond motifs is 1. The Bertz CT molecular complexity index is 506. The molecule has 1 aromatic rings. The van der Waals surface area contributed by atoms with Crippen molar-refractivity contribution in [1.29, 1.82) is 0 Å². The van der Waals surface area contributed by atoms with Gasteiger partial charge in [0.2, 0.25) is 5.91 Å². The fourth-order valence-electron chi connectivity index (χ4n) is 1.29. The second-order valence-corrected chi connectivity index (χ2v) is 3.91. The number of aromatic nitrogens is 2. The van der Waals surface area contributed by atoms with Crippen LogP contribution < -0.4 is 11.2 Å². The Balaban J connectivity index is 2.65. The van der Waals surface area contributed by atoms with Crippen molar-refractivity contribution in [3.8, 4) is 0 Å². The van der Waals surface area contributed by atoms with Crippen molar-refractivity contribution in [2.75, 3.05) is 11.9 Å². The van der Waals surface area contributed by atoms with Gasteiger partial charge in [0, 0.05) is 0 Å². The van der Waals surface area contributed by atoms with E-state index >= 15 is 0 Å². The summed E-state index contributed by atoms with van der Waals surface area (Å²) in [7, 11) is 2.27. The first kappa shape index (κ1) is 10.3. The predicted molar refractivity (Wildman–Crippen MR) is 58.6 cm³/mol. The van der Waals surface area contributed by atoms with Gasteiger partial charge in [-0.15, -0.1) is 0 Å². The molecule has 2 amide bonds. The number of nitrogens with two attached hydrogens (primary N) is 1. The minimum Gasteiger partial charge on any atom is -0.316 e. The van der Waals surface area contributed by atoms with Crippen molar-refractivity contribution in [1.82, 2.24) is 14.3 Å². The molecule has 15 heavy (non-hydrogen) atoms. The maximum absolute atomic E-state index is 11.7. The first-order valence-electron chi connectivity index (χ1n) is 3.97. The van der Waals surface area contributed by atoms with Crippen LogP contribution in [-0.4, -0.2) is 32.7 Å². The number of hydrogen-bond donors (Lipinski definition) is 3. The first-order valence-corrected chi connectivity index (χ1v) is 4.89. The maximum Gasteiger partial charge on any atom is 0.288 e. The molecule has 1 atom stereocenters. The lowest BCUT2D eigenvalue weighted by molar-refractivity contribution is -0.116. The van der Waals surface area contributed by atoms with E-state index in [4.69, 9.17) is 18.1 Å². The topological polar surface area (TPSA) is 96.2 Å². The molecule has 0 aliphatic carbocycles. The molecule has 7 nitrogen and oxygen atoms in total. The molecule has 1 unspecified atom stereocenters. The molecule has 1 aliphatic heterocycles. The highest BCUT2D eigenvalue weighted by molar-refractivity contribution is 7.71. The van der Waals surface area contributed by atoms with E-state index in [1.165, 1.54) is 4.34 Å². The Kier molecular flexibility index (Phi) is 2.34. The largest absolute Gasteiger partial charge is 0.316 e. The quantitative estimate of drug-likeness (QED) is 0.247. The Morgan fingerprint density at radius 3 is 2.80 bits per heavy atom. The van der Waals surface area contributed by atoms with Crippen LogP contribution in [0.5, 0.6) is 0 Å². The van der Waals surface area contributed by atoms with Crippen LogP contribution in [0, 0.1) is 4.77 Å². The van der Waals surface area contributed by atoms with Crippen molar-refractivity contribution in [2.45, 2.75) is 0 Å². The van der Waals surface area contributed by atoms with Crippen LogP contribution in [0.15, 0.2) is 0 Å². The number of imidazole rings is 1. The molecule has 0 spiro atoms. The van der Waals surface area contributed by atoms with Gasteiger partial charge in [0.25, 0.3) is 5.91 Å². The molecule has 9 heteroatoms. The van der Waals surface area contributed by atoms with Gasteiger partial charge >= 0.3 is 0 Å². The normalized spacial score (nSPS) is 16.0. The van der Waals surface area contributed by atoms with E-state index in [1.54, 1.807) is 0 Å². The monoisotopic (exact) mass is 245 g/mol. The number of H-pyrrole nitrogens is 1. The Morgan fingerprint density at radius 2 is 2.13 bits per heavy atom. The number of anilines is 1. The van der Waals surface area contributed by atoms with Crippen molar-refractivity contribution in [2.24, 2.45) is 5.84 Å². The number of aromatic amines is 1. The van der Waals surface area contributed by atoms with Crippen LogP contribution >= 0.6 is 21.6 Å². The van der Waals surface area contributed by atoms with E-state index in [2.05, 4.69) is 19.7 Å². The zero-order valence-corrected chi connectivity index (χ0v) is 9.45. The third-order valence-corrected chi connectivity index (χ3v) is 2.97. The fraction of sp³-hybridized carbons (Fsp3) is 0.167. The average molecular weight is 245 g/mol. The number of carbonyl (C=O) groups excluding carboxylic acids is 2. The number of rotatable bonds is 0. The molecular formula is C6H8N5O2PS. The number of carbonyl (C=O) groups is 2. The maximum atomic E-state index is 11.7. The van der Waals surface area contributed by atoms with Gasteiger partial charge in [-0.3, -0.25) is 18.9 Å². The van der Waals surface area contributed by atoms with E-state index in [0.717, 1.165) is 5.01 Å². The van der Waals surface area contributed by atoms with E-state index in [-0.39, 0.29) is 24.0 Å². The molecule has 0 saturated heterocycles. The lowest BCUT2D eigenvalue weighted by atomic mass is 10.4. The minimum absolute atomic E-state index is 0.182. The molecular weight excluding hydrogens is 237 g/mol. The third kappa shape index (κ3) is 1.56. The van der Waals surface area contributed by atoms with Gasteiger partial charge in [-0.25, -0.2) is 5.84 Å². The molecule has 80 valence electrons. The van der Waals surface area contributed by atoms with Gasteiger partial charge in [-0.05, 0) is 21.6 Å². The van der Waals surface area contributed by atoms with Gasteiger partial charge in [-0.1, -0.05) is 0 Å². The molecule has 4 N–H and O–H groups in total. The van der Waals surface area contributed by atoms with Crippen LogP contribution in [0.4, 0.5) is 5.82 Å². The summed E-state index contributed by atoms with van der Waals surface area (Å²) in [5, 5.41) is 3.34. The molecule has 1 aromatic heterocycles. The zero-order chi connectivity index (χ0) is 11.2. The smallest absolute Gasteiger partial charge is 0.288 e. The van der Waals surface area contributed by atoms with E-state index < -0.39 is 5.91 Å². The standard InChI is InChI=1S/C6H8N5O2PS/c7-10-1-2(12)8-4-3(5(10)13)11(14)6(15)9-4/h1,7,14H2,(H,8,12)(H,9,15). The van der Waals surface area contributed by atoms with Gasteiger partial charge in [0.15, 0.2) is 10.5 Å². The summed E-state index contributed by atoms with van der Waals surface area (Å²) < 4.78 is 1.70. The van der Waals surface area contributed by atoms with Gasteiger partial charge in [0.1, 0.15) is 12.4 Å². The zero-order valence-electron chi connectivity index (χ0n) is 7.48. The third-order valence-electron chi connectivity index (χ3n) is 1.97. The SMILES string of the molecule is NN1CC(=O)Nc2[nH]c(=S)n(P)c2C1=O. The van der Waals surface area contributed by atoms with Crippen LogP contribution in [0.25, 0.3) is 0 Å². The Labute approximate surface area is 91.8 Å². The van der Waals surface area contributed by atoms with E-state index in [0.29, 0.717) is 4.77 Å². The predicted octanol–water partition coefficient (Wildman–Crippen LogP) is -0.548. The van der Waals surface area contributed by atoms with Crippen molar-refractivity contribution in [3.63, 3.8) is 0 Å². The summed E-state index contributed by atoms with van der Waals surface area (Å²) in [6, 6.07) is 0. The van der Waals surface area contributed by atoms with Crippen LogP contribution in [0.2, 0.25) is 0 Å². The molecule has 0 fully saturated rings. The molecule has 2 heterocycles. The summed E-state index contributed by atoms with van der Waals surface area (Å²) in [5.74, 6) is 4.85. The molecule has 2 rings (SSSR count). The molecule has 0 radical (unpaired) electrons. The van der Waals surface area contributed by atoms with Gasteiger partial charge in [0.05, 0.1) is 0 Å². The summed E-state index contributed by atoms with van der Waals surface area (Å²) in [6.45, 7) is -0.182. The van der Waals surface area contributed by atoms with Crippen molar-refractivity contribution < 1.29 is 9.59 Å². The highest BCUT2D eigenvalue weighted by Gasteiger charge is 2.28. The second kappa shape index (κ2) is 3.41. The Morgan fingerprint density at radius 1 is 1.47 bits per heavy atom. The van der Waals surface area contributed by atoms with E-state index in [1.807, 2.05) is 0 Å². The van der Waals surface area contributed by atoms with Crippen molar-refractivity contribution >= 4 is 39.2 Å². The number of amides is 2. The van der Waals surface area contributed by atoms with Crippen LogP contribution in [-0.2, 0) is 4.79 Å². The Hall–Kier alpha value is -1.24. The second-order valence-electron chi connectivity index (χ2n) is 3.00. The first-order chi connectivity index (χ1) is 7.00. The number of nitrogens with zero attached hydrogens (tertiary/aromatic N) is 2. The summed E-state index contributed by atoms with van der Waals surface area (Å²) in [4.78, 5) is 25.7. The number of nitrogens with one attached hydrogen (secondary N) is 2.